The van der Waals surface area contributed by atoms with Crippen LogP contribution in [0.1, 0.15) is 61.8 Å². The van der Waals surface area contributed by atoms with Crippen LogP contribution < -0.4 is 0 Å². The topological polar surface area (TPSA) is 60.7 Å². The van der Waals surface area contributed by atoms with E-state index in [4.69, 9.17) is 15.3 Å². The van der Waals surface area contributed by atoms with E-state index in [1.54, 1.807) is 72.8 Å². The molecule has 1 radical (unpaired) electrons. The number of para-hydroxylation sites is 3. The summed E-state index contributed by atoms with van der Waals surface area (Å²) in [6, 6.07) is 26.1. The normalized spacial score (nSPS) is 6.55. The molecule has 0 aromatic heterocycles. The van der Waals surface area contributed by atoms with Gasteiger partial charge in [-0.15, -0.1) is 0 Å². The number of aromatic hydroxyl groups is 3. The molecule has 3 rings (SSSR count). The molecular formula is C29H50O3Y-2. The summed E-state index contributed by atoms with van der Waals surface area (Å²) in [5.41, 5.74) is 0. The van der Waals surface area contributed by atoms with Crippen molar-refractivity contribution in [1.82, 2.24) is 0 Å². The van der Waals surface area contributed by atoms with Crippen LogP contribution in [0.25, 0.3) is 0 Å². The van der Waals surface area contributed by atoms with Crippen molar-refractivity contribution in [3.8, 4) is 17.2 Å². The summed E-state index contributed by atoms with van der Waals surface area (Å²) >= 11 is 0. The first-order valence-electron chi connectivity index (χ1n) is 10.8. The van der Waals surface area contributed by atoms with Gasteiger partial charge in [0.1, 0.15) is 17.2 Å². The van der Waals surface area contributed by atoms with Gasteiger partial charge >= 0.3 is 0 Å². The van der Waals surface area contributed by atoms with Crippen LogP contribution >= 0.6 is 0 Å². The molecule has 0 saturated carbocycles. The SMILES string of the molecule is CC.CC.CC.CCC.Oc1ccccc1.Oc1ccccc1.Oc1ccccc1.[CH3-].[CH3-].[Y]. The molecule has 0 aliphatic rings. The van der Waals surface area contributed by atoms with Gasteiger partial charge in [0, 0.05) is 32.7 Å². The van der Waals surface area contributed by atoms with Crippen molar-refractivity contribution in [3.05, 3.63) is 106 Å². The summed E-state index contributed by atoms with van der Waals surface area (Å²) in [5.74, 6) is 0.965. The molecule has 0 heterocycles. The standard InChI is InChI=1S/3C6H6O.C3H8.3C2H6.2CH3.Y/c3*7-6-4-2-1-3-5-6;1-3-2;3*1-2;;;/h3*1-5,7H;3H2,1-2H3;3*1-2H3;2*1H3;/q;;;;;;;2*-1;. The van der Waals surface area contributed by atoms with E-state index in [9.17, 15) is 0 Å². The Bertz CT molecular complexity index is 514. The molecule has 3 N–H and O–H groups in total. The number of rotatable bonds is 0. The molecule has 0 atom stereocenters. The van der Waals surface area contributed by atoms with Crippen LogP contribution in [0, 0.1) is 14.9 Å². The van der Waals surface area contributed by atoms with Crippen LogP contribution in [0.15, 0.2) is 91.0 Å². The maximum Gasteiger partial charge on any atom is 0.115 e. The van der Waals surface area contributed by atoms with Gasteiger partial charge in [0.25, 0.3) is 0 Å². The van der Waals surface area contributed by atoms with E-state index in [2.05, 4.69) is 13.8 Å². The minimum atomic E-state index is 0. The molecule has 0 unspecified atom stereocenters. The zero-order valence-corrected chi connectivity index (χ0v) is 25.6. The van der Waals surface area contributed by atoms with Gasteiger partial charge in [-0.2, -0.15) is 0 Å². The van der Waals surface area contributed by atoms with Gasteiger partial charge < -0.3 is 30.2 Å². The number of hydrogen-bond acceptors (Lipinski definition) is 3. The fourth-order valence-electron chi connectivity index (χ4n) is 1.28. The molecule has 0 amide bonds. The van der Waals surface area contributed by atoms with Gasteiger partial charge in [-0.05, 0) is 36.4 Å². The van der Waals surface area contributed by atoms with Crippen molar-refractivity contribution >= 4 is 0 Å². The first-order valence-corrected chi connectivity index (χ1v) is 10.8. The number of benzene rings is 3. The van der Waals surface area contributed by atoms with E-state index in [0.717, 1.165) is 0 Å². The van der Waals surface area contributed by atoms with Crippen LogP contribution in [-0.4, -0.2) is 15.3 Å². The van der Waals surface area contributed by atoms with Crippen molar-refractivity contribution in [3.63, 3.8) is 0 Å². The first kappa shape index (κ1) is 48.6. The second kappa shape index (κ2) is 47.8. The van der Waals surface area contributed by atoms with Crippen molar-refractivity contribution in [2.45, 2.75) is 61.8 Å². The van der Waals surface area contributed by atoms with Gasteiger partial charge in [-0.1, -0.05) is 116 Å². The maximum absolute atomic E-state index is 8.63. The molecule has 33 heavy (non-hydrogen) atoms. The third-order valence-corrected chi connectivity index (χ3v) is 2.27. The van der Waals surface area contributed by atoms with Crippen molar-refractivity contribution in [2.24, 2.45) is 0 Å². The average molecular weight is 536 g/mol. The Labute approximate surface area is 231 Å². The number of phenolic OH excluding ortho intramolecular Hbond substituents is 3. The Morgan fingerprint density at radius 3 is 0.606 bits per heavy atom. The van der Waals surface area contributed by atoms with Crippen LogP contribution in [0.4, 0.5) is 0 Å². The smallest absolute Gasteiger partial charge is 0.115 e. The third kappa shape index (κ3) is 48.7. The zero-order chi connectivity index (χ0) is 24.0. The summed E-state index contributed by atoms with van der Waals surface area (Å²) in [4.78, 5) is 0. The van der Waals surface area contributed by atoms with Crippen LogP contribution in [0.2, 0.25) is 0 Å². The molecular weight excluding hydrogens is 485 g/mol. The molecule has 0 saturated heterocycles. The molecule has 3 aromatic rings. The average Bonchev–Trinajstić information content (AvgIpc) is 2.81. The molecule has 0 spiro atoms. The molecule has 0 aliphatic carbocycles. The molecule has 3 nitrogen and oxygen atoms in total. The minimum absolute atomic E-state index is 0. The Hall–Kier alpha value is -1.84. The molecule has 4 heteroatoms. The third-order valence-electron chi connectivity index (χ3n) is 2.27. The van der Waals surface area contributed by atoms with E-state index in [0.29, 0.717) is 17.2 Å². The Morgan fingerprint density at radius 1 is 0.424 bits per heavy atom. The van der Waals surface area contributed by atoms with E-state index in [1.807, 2.05) is 59.7 Å². The summed E-state index contributed by atoms with van der Waals surface area (Å²) < 4.78 is 0. The van der Waals surface area contributed by atoms with Crippen molar-refractivity contribution in [1.29, 1.82) is 0 Å². The van der Waals surface area contributed by atoms with Gasteiger partial charge in [-0.25, -0.2) is 0 Å². The fraction of sp³-hybridized carbons (Fsp3) is 0.310. The van der Waals surface area contributed by atoms with Gasteiger partial charge in [0.15, 0.2) is 0 Å². The van der Waals surface area contributed by atoms with E-state index in [1.165, 1.54) is 6.42 Å². The quantitative estimate of drug-likeness (QED) is 0.251. The Kier molecular flexibility index (Phi) is 70.4. The predicted octanol–water partition coefficient (Wildman–Crippen LogP) is 9.57. The number of phenols is 3. The van der Waals surface area contributed by atoms with Crippen molar-refractivity contribution < 1.29 is 48.0 Å². The Balaban J connectivity index is -0.0000000505. The van der Waals surface area contributed by atoms with E-state index >= 15 is 0 Å². The summed E-state index contributed by atoms with van der Waals surface area (Å²) in [5, 5.41) is 25.9. The summed E-state index contributed by atoms with van der Waals surface area (Å²) in [6.45, 7) is 16.2. The van der Waals surface area contributed by atoms with Gasteiger partial charge in [-0.3, -0.25) is 0 Å². The molecule has 0 fully saturated rings. The molecule has 189 valence electrons. The predicted molar refractivity (Wildman–Crippen MR) is 147 cm³/mol. The summed E-state index contributed by atoms with van der Waals surface area (Å²) in [7, 11) is 0. The first-order chi connectivity index (χ1) is 14.6. The maximum atomic E-state index is 8.63. The van der Waals surface area contributed by atoms with Gasteiger partial charge in [0.2, 0.25) is 0 Å². The van der Waals surface area contributed by atoms with Gasteiger partial charge in [0.05, 0.1) is 0 Å². The van der Waals surface area contributed by atoms with Crippen molar-refractivity contribution in [2.75, 3.05) is 0 Å². The second-order valence-electron chi connectivity index (χ2n) is 4.71. The molecule has 0 aliphatic heterocycles. The Morgan fingerprint density at radius 2 is 0.545 bits per heavy atom. The second-order valence-corrected chi connectivity index (χ2v) is 4.71. The van der Waals surface area contributed by atoms with E-state index < -0.39 is 0 Å². The zero-order valence-electron chi connectivity index (χ0n) is 22.8. The van der Waals surface area contributed by atoms with Crippen LogP contribution in [0.3, 0.4) is 0 Å². The molecule has 3 aromatic carbocycles. The van der Waals surface area contributed by atoms with Crippen LogP contribution in [-0.2, 0) is 32.7 Å². The van der Waals surface area contributed by atoms with E-state index in [-0.39, 0.29) is 47.6 Å². The summed E-state index contributed by atoms with van der Waals surface area (Å²) in [6.07, 6.45) is 1.25. The largest absolute Gasteiger partial charge is 0.508 e. The van der Waals surface area contributed by atoms with Crippen LogP contribution in [0.5, 0.6) is 17.2 Å². The fourth-order valence-corrected chi connectivity index (χ4v) is 1.28. The minimum Gasteiger partial charge on any atom is -0.508 e. The molecule has 0 bridgehead atoms. The monoisotopic (exact) mass is 535 g/mol. The number of hydrogen-bond donors (Lipinski definition) is 3.